The van der Waals surface area contributed by atoms with E-state index in [4.69, 9.17) is 0 Å². The Kier molecular flexibility index (Phi) is 73.5. The average Bonchev–Trinajstić information content (AvgIpc) is 1.09. The molecule has 0 unspecified atom stereocenters. The first-order valence-electron chi connectivity index (χ1n) is 54.2. The second-order valence-corrected chi connectivity index (χ2v) is 48.0. The smallest absolute Gasteiger partial charge is 0.380 e. The number of nitrogens with one attached hydrogen (secondary N) is 2. The molecule has 3 N–H and O–H groups in total. The van der Waals surface area contributed by atoms with Gasteiger partial charge in [-0.05, 0) is 394 Å². The highest BCUT2D eigenvalue weighted by Crippen LogP contribution is 2.38. The second kappa shape index (κ2) is 74.3. The Bertz CT molecular complexity index is 3850. The standard InChI is InChI=1S/C14H26N2.C13H20F3NO.C13H22N2O.C13H25N.2C12H21N.C12H23N.2C11H19N.C11H21N/c1-14(2,3)9-6-10-16-11-7-13(8-12-16)15(4)5;1-11(2,3)5-4-8-17-9-6-12(18,7-10-17)13(14,15)16;1-13(2,3)7-6-8-14-12(16)11-15-9-4-5-10-15;1-8-14(9-2)13(6,7)11-10-12(3,4)5;1-11(2)5-4-6-12-7-9-13(3)10-8-12;1-12(2,3)8-7-11-13-9-5-4-6-10-13;1-6-13(7-2)11-9-8-10-12(3,4)5;1-10(2)4-5-11-6-8-12(3)9-7-11;1-10(2)4-3-5-11-6-8-12-9-7-11;1-6-12(7-2)10-8-9-11(3,4)5/h13H,7-8,10-12H2,1-5H3;18H,6-10H2,1-3H3;4-5,8-11H2,1-3H3,(H,14,16);8-9H2,1-7H3;11-12H,6-10H2,1-3H3;4-6,9-11H2,1-3H3;6-7,9,11H2,1-5H3;10-11H,6-9H2,1-3H3;10-12H,5-9H2,1-2H3;6-7,10H2,1-5H3. The molecule has 7 fully saturated rings. The third-order valence-electron chi connectivity index (χ3n) is 23.7. The maximum absolute atomic E-state index is 12.6. The Hall–Kier alpha value is -5.62. The highest BCUT2D eigenvalue weighted by molar-refractivity contribution is 5.78. The topological polar surface area (TPSA) is 93.8 Å². The molecule has 0 aromatic carbocycles. The number of hydrogen-bond acceptors (Lipinski definition) is 13. The van der Waals surface area contributed by atoms with E-state index in [1.807, 2.05) is 25.7 Å². The van der Waals surface area contributed by atoms with E-state index in [2.05, 4.69) is 423 Å². The Morgan fingerprint density at radius 3 is 1.15 bits per heavy atom. The van der Waals surface area contributed by atoms with E-state index in [1.165, 1.54) is 149 Å². The zero-order valence-corrected chi connectivity index (χ0v) is 97.8. The molecule has 0 aromatic rings. The molecular weight excluding hydrogens is 1720 g/mol. The molecule has 0 spiro atoms. The second-order valence-electron chi connectivity index (χ2n) is 48.0. The predicted octanol–water partition coefficient (Wildman–Crippen LogP) is 23.0. The summed E-state index contributed by atoms with van der Waals surface area (Å²) in [5.74, 6) is 68.6. The third-order valence-corrected chi connectivity index (χ3v) is 23.7. The van der Waals surface area contributed by atoms with Crippen LogP contribution in [-0.4, -0.2) is 288 Å². The summed E-state index contributed by atoms with van der Waals surface area (Å²) in [7, 11) is 8.75. The van der Waals surface area contributed by atoms with Crippen LogP contribution in [0.15, 0.2) is 0 Å². The van der Waals surface area contributed by atoms with Gasteiger partial charge in [-0.25, -0.2) is 0 Å². The lowest BCUT2D eigenvalue weighted by molar-refractivity contribution is -0.272. The molecule has 7 saturated heterocycles. The zero-order chi connectivity index (χ0) is 107. The Labute approximate surface area is 861 Å². The highest BCUT2D eigenvalue weighted by Gasteiger charge is 2.54. The van der Waals surface area contributed by atoms with Crippen LogP contribution in [0.4, 0.5) is 13.2 Å². The van der Waals surface area contributed by atoms with Gasteiger partial charge in [-0.1, -0.05) is 172 Å². The van der Waals surface area contributed by atoms with E-state index in [0.717, 1.165) is 116 Å². The summed E-state index contributed by atoms with van der Waals surface area (Å²) in [5.41, 5.74) is -1.89. The van der Waals surface area contributed by atoms with Crippen molar-refractivity contribution in [2.75, 3.05) is 205 Å². The van der Waals surface area contributed by atoms with Crippen LogP contribution in [0.1, 0.15) is 358 Å². The monoisotopic (exact) mass is 1940 g/mol. The summed E-state index contributed by atoms with van der Waals surface area (Å²) in [4.78, 5) is 34.7. The van der Waals surface area contributed by atoms with E-state index in [0.29, 0.717) is 43.3 Å². The molecular formula is C122H217F3N12O2. The van der Waals surface area contributed by atoms with Gasteiger partial charge < -0.3 is 35.3 Å². The quantitative estimate of drug-likeness (QED) is 0.107. The minimum Gasteiger partial charge on any atom is -0.380 e. The molecule has 7 rings (SSSR count). The van der Waals surface area contributed by atoms with Crippen molar-refractivity contribution < 1.29 is 23.1 Å². The molecule has 0 saturated carbocycles. The van der Waals surface area contributed by atoms with Gasteiger partial charge >= 0.3 is 6.18 Å². The van der Waals surface area contributed by atoms with E-state index in [-0.39, 0.29) is 75.3 Å². The summed E-state index contributed by atoms with van der Waals surface area (Å²) in [6, 6.07) is 0.770. The molecule has 0 aliphatic carbocycles. The number of carbonyl (C=O) groups excluding carboxylic acids is 1. The van der Waals surface area contributed by atoms with Crippen LogP contribution in [0.5, 0.6) is 0 Å². The van der Waals surface area contributed by atoms with Gasteiger partial charge in [-0.15, -0.1) is 35.5 Å². The molecule has 1 amide bonds. The molecule has 798 valence electrons. The number of hydrogen-bond donors (Lipinski definition) is 3. The predicted molar refractivity (Wildman–Crippen MR) is 600 cm³/mol. The number of likely N-dealkylation sites (tertiary alicyclic amines) is 6. The van der Waals surface area contributed by atoms with Gasteiger partial charge in [0, 0.05) is 120 Å². The van der Waals surface area contributed by atoms with Crippen LogP contribution in [0.3, 0.4) is 0 Å². The minimum atomic E-state index is -4.53. The average molecular weight is 1940 g/mol. The van der Waals surface area contributed by atoms with Crippen LogP contribution >= 0.6 is 0 Å². The molecule has 7 aliphatic heterocycles. The van der Waals surface area contributed by atoms with Crippen LogP contribution < -0.4 is 10.6 Å². The summed E-state index contributed by atoms with van der Waals surface area (Å²) in [5, 5.41) is 15.7. The van der Waals surface area contributed by atoms with Gasteiger partial charge in [0.25, 0.3) is 0 Å². The first kappa shape index (κ1) is 138. The third kappa shape index (κ3) is 85.3. The van der Waals surface area contributed by atoms with Crippen LogP contribution in [0.2, 0.25) is 0 Å². The number of alkyl halides is 3. The van der Waals surface area contributed by atoms with Gasteiger partial charge in [0.1, 0.15) is 0 Å². The summed E-state index contributed by atoms with van der Waals surface area (Å²) in [6.07, 6.45) is 15.1. The number of amides is 1. The number of nitrogens with zero attached hydrogens (tertiary/aromatic N) is 10. The Morgan fingerprint density at radius 1 is 0.410 bits per heavy atom. The molecule has 0 aromatic heterocycles. The number of piperidine rings is 6. The molecule has 0 radical (unpaired) electrons. The van der Waals surface area contributed by atoms with Crippen molar-refractivity contribution in [3.05, 3.63) is 0 Å². The molecule has 14 nitrogen and oxygen atoms in total. The highest BCUT2D eigenvalue weighted by atomic mass is 19.4. The van der Waals surface area contributed by atoms with Crippen LogP contribution in [-0.2, 0) is 4.79 Å². The van der Waals surface area contributed by atoms with Crippen LogP contribution in [0.25, 0.3) is 0 Å². The normalized spacial score (nSPS) is 17.3. The largest absolute Gasteiger partial charge is 0.417 e. The number of rotatable bonds is 19. The maximum Gasteiger partial charge on any atom is 0.417 e. The van der Waals surface area contributed by atoms with Crippen molar-refractivity contribution >= 4 is 5.91 Å². The SMILES string of the molecule is CC(C)(C)C#CCN1CCC(O)(C(F)(F)F)CC1.CC(C)(C)C#CCN1CCCCC1.CC(C)(C)C#CCNC(=O)CN1CCCC1.CC(C)C#CC1CCN(C)CC1.CC(C)C#CCC1CCN(C)CC1.CC(C)C#CCC1CCNCC1.CCN(CC)C(C)(C)C#CC(C)(C)C.CCN(CC)CC#CC(C)(C)C.CCN(CC)CCC#CC(C)(C)C.CN(C)C1CCN(CC#CC(C)(C)C)CC1. The molecule has 17 heteroatoms. The van der Waals surface area contributed by atoms with Gasteiger partial charge in [0.2, 0.25) is 5.91 Å². The van der Waals surface area contributed by atoms with E-state index in [1.54, 1.807) is 0 Å². The minimum absolute atomic E-state index is 0.00319. The summed E-state index contributed by atoms with van der Waals surface area (Å²) < 4.78 is 37.7. The van der Waals surface area contributed by atoms with Gasteiger partial charge in [-0.2, -0.15) is 13.2 Å². The lowest BCUT2D eigenvalue weighted by atomic mass is 9.91. The van der Waals surface area contributed by atoms with Crippen molar-refractivity contribution in [3.63, 3.8) is 0 Å². The summed E-state index contributed by atoms with van der Waals surface area (Å²) >= 11 is 0. The maximum atomic E-state index is 12.6. The molecule has 7 aliphatic rings. The van der Waals surface area contributed by atoms with E-state index >= 15 is 0 Å². The van der Waals surface area contributed by atoms with Crippen molar-refractivity contribution in [1.82, 2.24) is 59.6 Å². The van der Waals surface area contributed by atoms with E-state index in [9.17, 15) is 23.1 Å². The molecule has 7 heterocycles. The molecule has 0 atom stereocenters. The molecule has 0 bridgehead atoms. The lowest BCUT2D eigenvalue weighted by Crippen LogP contribution is -2.53. The number of aliphatic hydroxyl groups is 1. The van der Waals surface area contributed by atoms with Crippen molar-refractivity contribution in [3.8, 4) is 118 Å². The van der Waals surface area contributed by atoms with Crippen molar-refractivity contribution in [2.45, 2.75) is 381 Å². The summed E-state index contributed by atoms with van der Waals surface area (Å²) in [6.45, 7) is 102. The van der Waals surface area contributed by atoms with Crippen molar-refractivity contribution in [1.29, 1.82) is 0 Å². The first-order chi connectivity index (χ1) is 64.3. The van der Waals surface area contributed by atoms with Crippen molar-refractivity contribution in [2.24, 2.45) is 73.4 Å². The van der Waals surface area contributed by atoms with Gasteiger partial charge in [0.05, 0.1) is 44.8 Å². The lowest BCUT2D eigenvalue weighted by Gasteiger charge is -2.38. The fourth-order valence-corrected chi connectivity index (χ4v) is 15.0. The number of carbonyl (C=O) groups is 1. The Morgan fingerprint density at radius 2 is 0.770 bits per heavy atom. The zero-order valence-electron chi connectivity index (χ0n) is 97.8. The fraction of sp³-hybridized carbons (Fsp3) is 0.828. The first-order valence-corrected chi connectivity index (χ1v) is 54.2. The van der Waals surface area contributed by atoms with Gasteiger partial charge in [-0.3, -0.25) is 34.2 Å². The fourth-order valence-electron chi connectivity index (χ4n) is 15.0. The van der Waals surface area contributed by atoms with E-state index < -0.39 is 11.8 Å². The Balaban J connectivity index is -0.00000148. The number of halogens is 3. The van der Waals surface area contributed by atoms with Crippen LogP contribution in [0, 0.1) is 192 Å². The molecule has 139 heavy (non-hydrogen) atoms. The van der Waals surface area contributed by atoms with Gasteiger partial charge in [0.15, 0.2) is 5.60 Å².